The summed E-state index contributed by atoms with van der Waals surface area (Å²) in [7, 11) is 0. The van der Waals surface area contributed by atoms with Crippen LogP contribution in [0.15, 0.2) is 12.4 Å². The van der Waals surface area contributed by atoms with Crippen molar-refractivity contribution < 1.29 is 4.79 Å². The van der Waals surface area contributed by atoms with Crippen molar-refractivity contribution >= 4 is 35.2 Å². The summed E-state index contributed by atoms with van der Waals surface area (Å²) in [5.74, 6) is 2.25. The maximum atomic E-state index is 12.7. The van der Waals surface area contributed by atoms with Gasteiger partial charge in [0.15, 0.2) is 11.5 Å². The lowest BCUT2D eigenvalue weighted by Gasteiger charge is -2.30. The average molecular weight is 326 g/mol. The summed E-state index contributed by atoms with van der Waals surface area (Å²) in [6, 6.07) is 0.258. The molecule has 1 aromatic rings. The number of carbonyl (C=O) groups excluding carboxylic acids is 1. The van der Waals surface area contributed by atoms with Gasteiger partial charge in [-0.05, 0) is 24.3 Å². The predicted molar refractivity (Wildman–Crippen MR) is 90.6 cm³/mol. The summed E-state index contributed by atoms with van der Waals surface area (Å²) in [6.45, 7) is 5.11. The Kier molecular flexibility index (Phi) is 6.17. The molecule has 0 aromatic carbocycles. The van der Waals surface area contributed by atoms with Gasteiger partial charge in [-0.3, -0.25) is 4.79 Å². The van der Waals surface area contributed by atoms with Crippen molar-refractivity contribution in [3.8, 4) is 0 Å². The van der Waals surface area contributed by atoms with Crippen LogP contribution in [-0.2, 0) is 0 Å². The number of thioether (sulfide) groups is 2. The second-order valence-electron chi connectivity index (χ2n) is 4.78. The number of anilines is 1. The number of rotatable bonds is 6. The number of hydrogen-bond acceptors (Lipinski definition) is 6. The first-order valence-corrected chi connectivity index (χ1v) is 9.39. The minimum atomic E-state index is -0.0819. The maximum absolute atomic E-state index is 12.7. The monoisotopic (exact) mass is 326 g/mol. The number of hydrogen-bond donors (Lipinski definition) is 1. The van der Waals surface area contributed by atoms with E-state index < -0.39 is 0 Å². The average Bonchev–Trinajstić information content (AvgIpc) is 2.96. The summed E-state index contributed by atoms with van der Waals surface area (Å²) >= 11 is 3.84. The Labute approximate surface area is 134 Å². The summed E-state index contributed by atoms with van der Waals surface area (Å²) in [6.07, 6.45) is 5.13. The van der Waals surface area contributed by atoms with Crippen molar-refractivity contribution in [1.29, 1.82) is 0 Å². The van der Waals surface area contributed by atoms with Crippen molar-refractivity contribution in [2.24, 2.45) is 0 Å². The summed E-state index contributed by atoms with van der Waals surface area (Å²) in [5, 5.41) is 0. The highest BCUT2D eigenvalue weighted by molar-refractivity contribution is 8.17. The van der Waals surface area contributed by atoms with Gasteiger partial charge in [-0.15, -0.1) is 23.5 Å². The van der Waals surface area contributed by atoms with Crippen LogP contribution in [-0.4, -0.2) is 49.4 Å². The minimum Gasteiger partial charge on any atom is -0.382 e. The molecule has 2 N–H and O–H groups in total. The van der Waals surface area contributed by atoms with Crippen LogP contribution >= 0.6 is 23.5 Å². The molecule has 1 amide bonds. The highest BCUT2D eigenvalue weighted by atomic mass is 32.2. The summed E-state index contributed by atoms with van der Waals surface area (Å²) in [4.78, 5) is 22.7. The van der Waals surface area contributed by atoms with E-state index >= 15 is 0 Å². The van der Waals surface area contributed by atoms with E-state index in [9.17, 15) is 4.79 Å². The third-order valence-electron chi connectivity index (χ3n) is 3.47. The van der Waals surface area contributed by atoms with E-state index in [1.165, 1.54) is 12.4 Å². The topological polar surface area (TPSA) is 72.1 Å². The van der Waals surface area contributed by atoms with Gasteiger partial charge in [0.2, 0.25) is 0 Å². The molecule has 2 heterocycles. The number of aromatic nitrogens is 2. The lowest BCUT2D eigenvalue weighted by atomic mass is 10.2. The molecular weight excluding hydrogens is 304 g/mol. The van der Waals surface area contributed by atoms with Crippen molar-refractivity contribution in [1.82, 2.24) is 14.9 Å². The normalized spacial score (nSPS) is 18.4. The molecule has 1 saturated heterocycles. The smallest absolute Gasteiger partial charge is 0.276 e. The highest BCUT2D eigenvalue weighted by Crippen LogP contribution is 2.35. The Morgan fingerprint density at radius 1 is 1.38 bits per heavy atom. The number of likely N-dealkylation sites (tertiary alicyclic amines) is 1. The molecule has 7 heteroatoms. The number of amides is 1. The van der Waals surface area contributed by atoms with Crippen molar-refractivity contribution in [2.45, 2.75) is 37.3 Å². The van der Waals surface area contributed by atoms with Crippen molar-refractivity contribution in [2.75, 3.05) is 23.8 Å². The first kappa shape index (κ1) is 16.4. The molecule has 5 nitrogen and oxygen atoms in total. The van der Waals surface area contributed by atoms with Crippen LogP contribution < -0.4 is 5.73 Å². The Hall–Kier alpha value is -0.950. The van der Waals surface area contributed by atoms with Gasteiger partial charge in [0.25, 0.3) is 5.91 Å². The van der Waals surface area contributed by atoms with Crippen LogP contribution in [0.3, 0.4) is 0 Å². The first-order valence-electron chi connectivity index (χ1n) is 7.29. The molecule has 1 atom stereocenters. The van der Waals surface area contributed by atoms with E-state index in [2.05, 4.69) is 23.8 Å². The molecule has 21 heavy (non-hydrogen) atoms. The fourth-order valence-corrected chi connectivity index (χ4v) is 5.44. The molecular formula is C14H22N4OS2. The van der Waals surface area contributed by atoms with Gasteiger partial charge in [-0.2, -0.15) is 0 Å². The second kappa shape index (κ2) is 7.89. The van der Waals surface area contributed by atoms with E-state index in [4.69, 9.17) is 5.73 Å². The molecule has 1 aromatic heterocycles. The largest absolute Gasteiger partial charge is 0.382 e. The van der Waals surface area contributed by atoms with Crippen LogP contribution in [0.5, 0.6) is 0 Å². The van der Waals surface area contributed by atoms with E-state index in [1.54, 1.807) is 0 Å². The number of nitrogens with two attached hydrogens (primary N) is 1. The molecule has 1 aliphatic heterocycles. The standard InChI is InChI=1S/C14H22N4OS2/c1-3-20-14(21-4-2)10-6-5-9-18(10)13(19)11-12(15)17-8-7-16-11/h7-8,10,14H,3-6,9H2,1-2H3,(H2,15,17)/t10-/m0/s1. The fourth-order valence-electron chi connectivity index (χ4n) is 2.58. The highest BCUT2D eigenvalue weighted by Gasteiger charge is 2.36. The van der Waals surface area contributed by atoms with Crippen LogP contribution in [0.25, 0.3) is 0 Å². The third-order valence-corrected chi connectivity index (χ3v) is 6.23. The molecule has 0 aliphatic carbocycles. The Balaban J connectivity index is 2.17. The maximum Gasteiger partial charge on any atom is 0.276 e. The number of carbonyl (C=O) groups is 1. The quantitative estimate of drug-likeness (QED) is 0.810. The number of nitrogen functional groups attached to an aromatic ring is 1. The van der Waals surface area contributed by atoms with Gasteiger partial charge < -0.3 is 10.6 Å². The van der Waals surface area contributed by atoms with Crippen LogP contribution in [0.4, 0.5) is 5.82 Å². The summed E-state index contributed by atoms with van der Waals surface area (Å²) < 4.78 is 0.421. The predicted octanol–water partition coefficient (Wildman–Crippen LogP) is 2.50. The lowest BCUT2D eigenvalue weighted by molar-refractivity contribution is 0.0740. The molecule has 0 bridgehead atoms. The van der Waals surface area contributed by atoms with Crippen molar-refractivity contribution in [3.63, 3.8) is 0 Å². The molecule has 0 spiro atoms. The number of nitrogens with zero attached hydrogens (tertiary/aromatic N) is 3. The van der Waals surface area contributed by atoms with Gasteiger partial charge >= 0.3 is 0 Å². The van der Waals surface area contributed by atoms with E-state index in [0.717, 1.165) is 30.9 Å². The van der Waals surface area contributed by atoms with E-state index in [-0.39, 0.29) is 23.5 Å². The molecule has 0 unspecified atom stereocenters. The SMILES string of the molecule is CCSC(SCC)[C@@H]1CCCN1C(=O)c1nccnc1N. The molecule has 1 aliphatic rings. The summed E-state index contributed by atoms with van der Waals surface area (Å²) in [5.41, 5.74) is 6.08. The zero-order valence-corrected chi connectivity index (χ0v) is 14.1. The Bertz CT molecular complexity index is 480. The van der Waals surface area contributed by atoms with Crippen molar-refractivity contribution in [3.05, 3.63) is 18.1 Å². The third kappa shape index (κ3) is 3.83. The van der Waals surface area contributed by atoms with Gasteiger partial charge in [-0.25, -0.2) is 9.97 Å². The van der Waals surface area contributed by atoms with Gasteiger partial charge in [0.1, 0.15) is 0 Å². The van der Waals surface area contributed by atoms with Crippen LogP contribution in [0.2, 0.25) is 0 Å². The molecule has 116 valence electrons. The van der Waals surface area contributed by atoms with Gasteiger partial charge in [0.05, 0.1) is 10.6 Å². The Morgan fingerprint density at radius 3 is 2.67 bits per heavy atom. The zero-order valence-electron chi connectivity index (χ0n) is 12.5. The van der Waals surface area contributed by atoms with E-state index in [0.29, 0.717) is 4.58 Å². The van der Waals surface area contributed by atoms with E-state index in [1.807, 2.05) is 28.4 Å². The van der Waals surface area contributed by atoms with Gasteiger partial charge in [0, 0.05) is 18.9 Å². The Morgan fingerprint density at radius 2 is 2.05 bits per heavy atom. The first-order chi connectivity index (χ1) is 10.2. The molecule has 2 rings (SSSR count). The molecule has 0 radical (unpaired) electrons. The minimum absolute atomic E-state index is 0.0819. The molecule has 1 fully saturated rings. The molecule has 0 saturated carbocycles. The van der Waals surface area contributed by atoms with Crippen LogP contribution in [0, 0.1) is 0 Å². The zero-order chi connectivity index (χ0) is 15.2. The lowest BCUT2D eigenvalue weighted by Crippen LogP contribution is -2.41. The second-order valence-corrected chi connectivity index (χ2v) is 7.91. The van der Waals surface area contributed by atoms with Crippen LogP contribution in [0.1, 0.15) is 37.2 Å². The fraction of sp³-hybridized carbons (Fsp3) is 0.643. The van der Waals surface area contributed by atoms with Gasteiger partial charge in [-0.1, -0.05) is 13.8 Å².